The first-order chi connectivity index (χ1) is 8.91. The van der Waals surface area contributed by atoms with Crippen LogP contribution in [-0.4, -0.2) is 0 Å². The molecule has 0 amide bonds. The molecule has 0 aliphatic rings. The summed E-state index contributed by atoms with van der Waals surface area (Å²) < 4.78 is 0. The van der Waals surface area contributed by atoms with Crippen LogP contribution in [0.2, 0.25) is 0 Å². The van der Waals surface area contributed by atoms with Crippen molar-refractivity contribution in [1.82, 2.24) is 0 Å². The molecule has 0 nitrogen and oxygen atoms in total. The normalized spacial score (nSPS) is 5.83. The average Bonchev–Trinajstić information content (AvgIpc) is 2.39. The molecule has 0 rings (SSSR count). The number of hydrogen-bond donors (Lipinski definition) is 0. The number of allylic oxidation sites excluding steroid dienone is 3. The molecule has 18 heavy (non-hydrogen) atoms. The van der Waals surface area contributed by atoms with Crippen LogP contribution in [-0.2, 0) is 0 Å². The molecule has 0 heteroatoms. The van der Waals surface area contributed by atoms with Crippen molar-refractivity contribution in [3.05, 3.63) is 93.6 Å². The van der Waals surface area contributed by atoms with Gasteiger partial charge < -0.3 is 0 Å². The van der Waals surface area contributed by atoms with Crippen LogP contribution in [0.25, 0.3) is 0 Å². The third-order valence-electron chi connectivity index (χ3n) is 1.27. The van der Waals surface area contributed by atoms with Gasteiger partial charge in [-0.05, 0) is 76.4 Å². The number of rotatable bonds is 2. The van der Waals surface area contributed by atoms with Crippen molar-refractivity contribution < 1.29 is 0 Å². The lowest BCUT2D eigenvalue weighted by atomic mass is 10.4. The highest BCUT2D eigenvalue weighted by Crippen LogP contribution is 1.78. The molecule has 0 aromatic heterocycles. The Bertz CT molecular complexity index is 741. The molecule has 0 aromatic rings. The zero-order valence-electron chi connectivity index (χ0n) is 10.1. The zero-order chi connectivity index (χ0) is 13.3. The Morgan fingerprint density at radius 2 is 1.28 bits per heavy atom. The van der Waals surface area contributed by atoms with Gasteiger partial charge in [0.2, 0.25) is 0 Å². The van der Waals surface area contributed by atoms with E-state index in [1.54, 1.807) is 6.08 Å². The average molecular weight is 226 g/mol. The third-order valence-corrected chi connectivity index (χ3v) is 1.27. The fourth-order valence-electron chi connectivity index (χ4n) is 0.624. The summed E-state index contributed by atoms with van der Waals surface area (Å²) in [5, 5.41) is 0. The maximum absolute atomic E-state index is 3.31. The standard InChI is InChI=1S/C18H10/c1-3-5-7-9-11-13-15-17-18-16-14-12-10-8-6-4-2/h6,8,10H,1,4H2,2H3/b8-6-. The van der Waals surface area contributed by atoms with Crippen LogP contribution in [0.15, 0.2) is 93.6 Å². The minimum atomic E-state index is 0.997. The highest BCUT2D eigenvalue weighted by atomic mass is 13.6. The van der Waals surface area contributed by atoms with Gasteiger partial charge in [-0.1, -0.05) is 30.5 Å². The van der Waals surface area contributed by atoms with E-state index in [-0.39, 0.29) is 0 Å². The Morgan fingerprint density at radius 1 is 0.778 bits per heavy atom. The Morgan fingerprint density at radius 3 is 1.78 bits per heavy atom. The summed E-state index contributed by atoms with van der Waals surface area (Å²) in [4.78, 5) is 0. The van der Waals surface area contributed by atoms with Crippen LogP contribution in [0, 0.1) is 0 Å². The summed E-state index contributed by atoms with van der Waals surface area (Å²) in [5.41, 5.74) is 30.5. The monoisotopic (exact) mass is 226 g/mol. The molecule has 0 fully saturated rings. The van der Waals surface area contributed by atoms with Crippen molar-refractivity contribution in [3.63, 3.8) is 0 Å². The Balaban J connectivity index is 5.24. The minimum Gasteiger partial charge on any atom is -0.0842 e. The van der Waals surface area contributed by atoms with Gasteiger partial charge >= 0.3 is 0 Å². The second kappa shape index (κ2) is 13.8. The molecular weight excluding hydrogens is 216 g/mol. The second-order valence-corrected chi connectivity index (χ2v) is 2.57. The molecule has 0 aliphatic carbocycles. The summed E-state index contributed by atoms with van der Waals surface area (Å²) in [6.45, 7) is 5.37. The van der Waals surface area contributed by atoms with Crippen LogP contribution in [0.5, 0.6) is 0 Å². The molecule has 82 valence electrons. The van der Waals surface area contributed by atoms with Crippen molar-refractivity contribution in [3.8, 4) is 0 Å². The van der Waals surface area contributed by atoms with E-state index < -0.39 is 0 Å². The van der Waals surface area contributed by atoms with E-state index >= 15 is 0 Å². The van der Waals surface area contributed by atoms with Crippen molar-refractivity contribution in [2.24, 2.45) is 0 Å². The summed E-state index contributed by atoms with van der Waals surface area (Å²) >= 11 is 0. The molecular formula is C18H10. The first-order valence-corrected chi connectivity index (χ1v) is 5.17. The molecule has 0 N–H and O–H groups in total. The van der Waals surface area contributed by atoms with Gasteiger partial charge in [0.1, 0.15) is 0 Å². The van der Waals surface area contributed by atoms with Gasteiger partial charge in [-0.15, -0.1) is 0 Å². The fraction of sp³-hybridized carbons (Fsp3) is 0.111. The first-order valence-electron chi connectivity index (χ1n) is 5.17. The maximum Gasteiger partial charge on any atom is -0.00000000256 e. The maximum atomic E-state index is 3.31. The zero-order valence-corrected chi connectivity index (χ0v) is 10.1. The van der Waals surface area contributed by atoms with Crippen LogP contribution in [0.1, 0.15) is 13.3 Å². The van der Waals surface area contributed by atoms with E-state index in [2.05, 4.69) is 82.3 Å². The van der Waals surface area contributed by atoms with Gasteiger partial charge in [-0.3, -0.25) is 0 Å². The van der Waals surface area contributed by atoms with Gasteiger partial charge in [0.25, 0.3) is 0 Å². The highest BCUT2D eigenvalue weighted by molar-refractivity contribution is 5.02. The molecule has 0 bridgehead atoms. The predicted molar refractivity (Wildman–Crippen MR) is 71.8 cm³/mol. The Kier molecular flexibility index (Phi) is 11.4. The largest absolute Gasteiger partial charge is 0.0842 e. The molecule has 0 aromatic carbocycles. The molecule has 0 aliphatic heterocycles. The molecule has 0 saturated carbocycles. The quantitative estimate of drug-likeness (QED) is 0.493. The Hall–Kier alpha value is -3.16. The SMILES string of the molecule is C=C=C=C=C=C=C=C=C=C=C=C=C=C/C=C\CC. The minimum absolute atomic E-state index is 0.997. The van der Waals surface area contributed by atoms with Crippen molar-refractivity contribution in [2.45, 2.75) is 13.3 Å². The van der Waals surface area contributed by atoms with E-state index in [1.807, 2.05) is 12.2 Å². The third kappa shape index (κ3) is 12.8. The Labute approximate surface area is 107 Å². The van der Waals surface area contributed by atoms with E-state index in [0.29, 0.717) is 0 Å². The van der Waals surface area contributed by atoms with Gasteiger partial charge in [-0.25, -0.2) is 0 Å². The number of hydrogen-bond acceptors (Lipinski definition) is 0. The summed E-state index contributed by atoms with van der Waals surface area (Å²) in [6.07, 6.45) is 6.64. The molecule has 0 spiro atoms. The van der Waals surface area contributed by atoms with Crippen LogP contribution < -0.4 is 0 Å². The molecule has 0 radical (unpaired) electrons. The molecule has 0 saturated heterocycles. The summed E-state index contributed by atoms with van der Waals surface area (Å²) in [7, 11) is 0. The molecule has 0 heterocycles. The highest BCUT2D eigenvalue weighted by Gasteiger charge is 1.58. The summed E-state index contributed by atoms with van der Waals surface area (Å²) in [6, 6.07) is 0. The van der Waals surface area contributed by atoms with E-state index in [1.165, 1.54) is 0 Å². The van der Waals surface area contributed by atoms with Crippen LogP contribution >= 0.6 is 0 Å². The van der Waals surface area contributed by atoms with Crippen LogP contribution in [0.4, 0.5) is 0 Å². The topological polar surface area (TPSA) is 0 Å². The lowest BCUT2D eigenvalue weighted by Crippen LogP contribution is -1.47. The van der Waals surface area contributed by atoms with Crippen molar-refractivity contribution >= 4 is 0 Å². The predicted octanol–water partition coefficient (Wildman–Crippen LogP) is 4.00. The smallest absolute Gasteiger partial charge is 0.00000000256 e. The van der Waals surface area contributed by atoms with Crippen molar-refractivity contribution in [1.29, 1.82) is 0 Å². The van der Waals surface area contributed by atoms with Gasteiger partial charge in [0.05, 0.1) is 0 Å². The first kappa shape index (κ1) is 14.8. The van der Waals surface area contributed by atoms with Crippen LogP contribution in [0.3, 0.4) is 0 Å². The van der Waals surface area contributed by atoms with Gasteiger partial charge in [0.15, 0.2) is 0 Å². The van der Waals surface area contributed by atoms with E-state index in [4.69, 9.17) is 0 Å². The lowest BCUT2D eigenvalue weighted by molar-refractivity contribution is 1.22. The van der Waals surface area contributed by atoms with Gasteiger partial charge in [-0.2, -0.15) is 0 Å². The molecule has 0 unspecified atom stereocenters. The van der Waals surface area contributed by atoms with Gasteiger partial charge in [0, 0.05) is 0 Å². The van der Waals surface area contributed by atoms with Crippen molar-refractivity contribution in [2.75, 3.05) is 0 Å². The van der Waals surface area contributed by atoms with E-state index in [9.17, 15) is 0 Å². The fourth-order valence-corrected chi connectivity index (χ4v) is 0.624. The lowest BCUT2D eigenvalue weighted by Gasteiger charge is -1.67. The summed E-state index contributed by atoms with van der Waals surface area (Å²) in [5.74, 6) is 0. The van der Waals surface area contributed by atoms with E-state index in [0.717, 1.165) is 6.42 Å². The molecule has 0 atom stereocenters. The second-order valence-electron chi connectivity index (χ2n) is 2.57.